The Morgan fingerprint density at radius 2 is 2.24 bits per heavy atom. The lowest BCUT2D eigenvalue weighted by Crippen LogP contribution is -2.44. The van der Waals surface area contributed by atoms with Crippen LogP contribution in [0, 0.1) is 12.8 Å². The fourth-order valence-corrected chi connectivity index (χ4v) is 3.38. The van der Waals surface area contributed by atoms with Crippen LogP contribution >= 0.6 is 15.9 Å². The lowest BCUT2D eigenvalue weighted by atomic mass is 9.97. The van der Waals surface area contributed by atoms with Crippen molar-refractivity contribution in [3.8, 4) is 0 Å². The van der Waals surface area contributed by atoms with Gasteiger partial charge in [-0.2, -0.15) is 0 Å². The van der Waals surface area contributed by atoms with Crippen molar-refractivity contribution in [2.45, 2.75) is 39.7 Å². The first kappa shape index (κ1) is 16.5. The molecule has 0 aromatic heterocycles. The molecule has 21 heavy (non-hydrogen) atoms. The number of halogens is 1. The number of benzene rings is 1. The Morgan fingerprint density at radius 3 is 2.81 bits per heavy atom. The van der Waals surface area contributed by atoms with Crippen LogP contribution in [0.1, 0.15) is 42.6 Å². The minimum atomic E-state index is 0.153. The second-order valence-electron chi connectivity index (χ2n) is 6.22. The molecule has 1 heterocycles. The topological polar surface area (TPSA) is 32.3 Å². The molecule has 0 saturated carbocycles. The van der Waals surface area contributed by atoms with Crippen molar-refractivity contribution in [1.29, 1.82) is 0 Å². The van der Waals surface area contributed by atoms with Gasteiger partial charge in [-0.1, -0.05) is 15.9 Å². The second-order valence-corrected chi connectivity index (χ2v) is 7.14. The molecule has 1 fully saturated rings. The molecule has 1 unspecified atom stereocenters. The Hall–Kier alpha value is -0.870. The molecule has 0 spiro atoms. The van der Waals surface area contributed by atoms with Gasteiger partial charge in [-0.3, -0.25) is 4.79 Å². The van der Waals surface area contributed by atoms with Crippen LogP contribution in [-0.2, 0) is 0 Å². The summed E-state index contributed by atoms with van der Waals surface area (Å²) in [5, 5.41) is 3.43. The Balaban J connectivity index is 2.14. The lowest BCUT2D eigenvalue weighted by Gasteiger charge is -2.33. The SMILES string of the molecule is Cc1cc(Br)ccc1C(=O)N(CC1CCCNC1)C(C)C. The van der Waals surface area contributed by atoms with Gasteiger partial charge in [0.05, 0.1) is 0 Å². The zero-order chi connectivity index (χ0) is 15.4. The summed E-state index contributed by atoms with van der Waals surface area (Å²) in [5.74, 6) is 0.724. The predicted molar refractivity (Wildman–Crippen MR) is 90.6 cm³/mol. The molecule has 1 saturated heterocycles. The molecule has 116 valence electrons. The largest absolute Gasteiger partial charge is 0.336 e. The summed E-state index contributed by atoms with van der Waals surface area (Å²) in [6, 6.07) is 6.10. The van der Waals surface area contributed by atoms with Crippen LogP contribution in [0.25, 0.3) is 0 Å². The van der Waals surface area contributed by atoms with Crippen molar-refractivity contribution < 1.29 is 4.79 Å². The van der Waals surface area contributed by atoms with Crippen LogP contribution in [0.4, 0.5) is 0 Å². The van der Waals surface area contributed by atoms with Crippen LogP contribution in [0.2, 0.25) is 0 Å². The fraction of sp³-hybridized carbons (Fsp3) is 0.588. The highest BCUT2D eigenvalue weighted by Gasteiger charge is 2.24. The number of carbonyl (C=O) groups is 1. The first-order valence-corrected chi connectivity index (χ1v) is 8.56. The van der Waals surface area contributed by atoms with Crippen LogP contribution in [-0.4, -0.2) is 36.5 Å². The number of rotatable bonds is 4. The van der Waals surface area contributed by atoms with E-state index in [4.69, 9.17) is 0 Å². The summed E-state index contributed by atoms with van der Waals surface area (Å²) in [6.45, 7) is 9.18. The molecule has 1 N–H and O–H groups in total. The van der Waals surface area contributed by atoms with E-state index in [-0.39, 0.29) is 11.9 Å². The molecular weight excluding hydrogens is 328 g/mol. The molecule has 2 rings (SSSR count). The molecule has 1 aliphatic rings. The van der Waals surface area contributed by atoms with E-state index >= 15 is 0 Å². The van der Waals surface area contributed by atoms with Gasteiger partial charge in [0.1, 0.15) is 0 Å². The monoisotopic (exact) mass is 352 g/mol. The third-order valence-electron chi connectivity index (χ3n) is 4.16. The number of hydrogen-bond acceptors (Lipinski definition) is 2. The first-order valence-electron chi connectivity index (χ1n) is 7.77. The summed E-state index contributed by atoms with van der Waals surface area (Å²) < 4.78 is 1.02. The summed E-state index contributed by atoms with van der Waals surface area (Å²) >= 11 is 3.46. The number of nitrogens with one attached hydrogen (secondary N) is 1. The van der Waals surface area contributed by atoms with Gasteiger partial charge >= 0.3 is 0 Å². The zero-order valence-electron chi connectivity index (χ0n) is 13.2. The molecule has 1 aromatic rings. The molecule has 0 aliphatic carbocycles. The molecule has 0 bridgehead atoms. The Labute approximate surface area is 136 Å². The molecule has 1 amide bonds. The highest BCUT2D eigenvalue weighted by molar-refractivity contribution is 9.10. The van der Waals surface area contributed by atoms with E-state index in [1.165, 1.54) is 12.8 Å². The maximum Gasteiger partial charge on any atom is 0.254 e. The fourth-order valence-electron chi connectivity index (χ4n) is 2.91. The molecule has 1 aliphatic heterocycles. The molecule has 4 heteroatoms. The molecule has 1 atom stereocenters. The summed E-state index contributed by atoms with van der Waals surface area (Å²) in [6.07, 6.45) is 2.42. The number of nitrogens with zero attached hydrogens (tertiary/aromatic N) is 1. The number of hydrogen-bond donors (Lipinski definition) is 1. The third kappa shape index (κ3) is 4.30. The Bertz CT molecular complexity index is 496. The van der Waals surface area contributed by atoms with Gasteiger partial charge < -0.3 is 10.2 Å². The molecular formula is C17H25BrN2O. The average molecular weight is 353 g/mol. The van der Waals surface area contributed by atoms with E-state index in [0.29, 0.717) is 5.92 Å². The molecule has 3 nitrogen and oxygen atoms in total. The first-order chi connectivity index (χ1) is 9.99. The zero-order valence-corrected chi connectivity index (χ0v) is 14.7. The third-order valence-corrected chi connectivity index (χ3v) is 4.65. The average Bonchev–Trinajstić information content (AvgIpc) is 2.45. The van der Waals surface area contributed by atoms with E-state index in [1.807, 2.05) is 30.0 Å². The van der Waals surface area contributed by atoms with Gasteiger partial charge in [-0.15, -0.1) is 0 Å². The van der Waals surface area contributed by atoms with Crippen LogP contribution in [0.3, 0.4) is 0 Å². The standard InChI is InChI=1S/C17H25BrN2O/c1-12(2)20(11-14-5-4-8-19-10-14)17(21)16-7-6-15(18)9-13(16)3/h6-7,9,12,14,19H,4-5,8,10-11H2,1-3H3. The van der Waals surface area contributed by atoms with E-state index in [1.54, 1.807) is 0 Å². The van der Waals surface area contributed by atoms with Crippen molar-refractivity contribution in [2.24, 2.45) is 5.92 Å². The Morgan fingerprint density at radius 1 is 1.48 bits per heavy atom. The lowest BCUT2D eigenvalue weighted by molar-refractivity contribution is 0.0660. The number of carbonyl (C=O) groups excluding carboxylic acids is 1. The summed E-state index contributed by atoms with van der Waals surface area (Å²) in [5.41, 5.74) is 1.84. The van der Waals surface area contributed by atoms with Crippen LogP contribution in [0.5, 0.6) is 0 Å². The van der Waals surface area contributed by atoms with E-state index in [0.717, 1.165) is 35.2 Å². The van der Waals surface area contributed by atoms with Crippen molar-refractivity contribution in [1.82, 2.24) is 10.2 Å². The van der Waals surface area contributed by atoms with Crippen molar-refractivity contribution in [3.05, 3.63) is 33.8 Å². The normalized spacial score (nSPS) is 18.8. The van der Waals surface area contributed by atoms with Crippen molar-refractivity contribution in [3.63, 3.8) is 0 Å². The van der Waals surface area contributed by atoms with Gasteiger partial charge in [0.2, 0.25) is 0 Å². The van der Waals surface area contributed by atoms with E-state index < -0.39 is 0 Å². The Kier molecular flexibility index (Phi) is 5.82. The smallest absolute Gasteiger partial charge is 0.254 e. The maximum atomic E-state index is 12.9. The van der Waals surface area contributed by atoms with Gasteiger partial charge in [0.15, 0.2) is 0 Å². The van der Waals surface area contributed by atoms with Crippen LogP contribution in [0.15, 0.2) is 22.7 Å². The maximum absolute atomic E-state index is 12.9. The summed E-state index contributed by atoms with van der Waals surface area (Å²) in [4.78, 5) is 14.9. The summed E-state index contributed by atoms with van der Waals surface area (Å²) in [7, 11) is 0. The van der Waals surface area contributed by atoms with Gasteiger partial charge in [-0.25, -0.2) is 0 Å². The second kappa shape index (κ2) is 7.41. The quantitative estimate of drug-likeness (QED) is 0.897. The molecule has 1 aromatic carbocycles. The van der Waals surface area contributed by atoms with Crippen molar-refractivity contribution >= 4 is 21.8 Å². The highest BCUT2D eigenvalue weighted by atomic mass is 79.9. The van der Waals surface area contributed by atoms with E-state index in [9.17, 15) is 4.79 Å². The number of piperidine rings is 1. The number of amides is 1. The minimum absolute atomic E-state index is 0.153. The van der Waals surface area contributed by atoms with Gasteiger partial charge in [0, 0.05) is 22.6 Å². The van der Waals surface area contributed by atoms with Gasteiger partial charge in [0.25, 0.3) is 5.91 Å². The van der Waals surface area contributed by atoms with Crippen LogP contribution < -0.4 is 5.32 Å². The highest BCUT2D eigenvalue weighted by Crippen LogP contribution is 2.20. The molecule has 0 radical (unpaired) electrons. The van der Waals surface area contributed by atoms with E-state index in [2.05, 4.69) is 35.1 Å². The van der Waals surface area contributed by atoms with Crippen molar-refractivity contribution in [2.75, 3.05) is 19.6 Å². The predicted octanol–water partition coefficient (Wildman–Crippen LogP) is 3.61. The van der Waals surface area contributed by atoms with Gasteiger partial charge in [-0.05, 0) is 76.4 Å². The number of aryl methyl sites for hydroxylation is 1. The minimum Gasteiger partial charge on any atom is -0.336 e.